The summed E-state index contributed by atoms with van der Waals surface area (Å²) in [7, 11) is 0. The minimum absolute atomic E-state index is 0.0237. The molecule has 0 bridgehead atoms. The molecule has 12 nitrogen and oxygen atoms in total. The summed E-state index contributed by atoms with van der Waals surface area (Å²) in [6.07, 6.45) is -0.429. The average molecular weight is 497 g/mol. The Bertz CT molecular complexity index is 512. The second kappa shape index (κ2) is 24.5. The quantitative estimate of drug-likeness (QED) is 0.101. The van der Waals surface area contributed by atoms with E-state index < -0.39 is 17.7 Å². The number of hydrogen-bond donors (Lipinski definition) is 1. The van der Waals surface area contributed by atoms with Crippen LogP contribution in [0.25, 0.3) is 0 Å². The topological polar surface area (TPSA) is 145 Å². The summed E-state index contributed by atoms with van der Waals surface area (Å²) in [6, 6.07) is 0. The largest absolute Gasteiger partial charge is 0.476 e. The molecule has 0 atom stereocenters. The lowest BCUT2D eigenvalue weighted by atomic mass is 10.2. The number of esters is 1. The van der Waals surface area contributed by atoms with Crippen molar-refractivity contribution in [1.29, 1.82) is 0 Å². The lowest BCUT2D eigenvalue weighted by Gasteiger charge is -2.09. The second-order valence-corrected chi connectivity index (χ2v) is 7.04. The van der Waals surface area contributed by atoms with E-state index in [0.29, 0.717) is 79.3 Å². The van der Waals surface area contributed by atoms with E-state index in [-0.39, 0.29) is 32.2 Å². The summed E-state index contributed by atoms with van der Waals surface area (Å²) >= 11 is 0. The molecule has 0 heterocycles. The van der Waals surface area contributed by atoms with E-state index in [0.717, 1.165) is 0 Å². The Hall–Kier alpha value is -1.67. The van der Waals surface area contributed by atoms with Gasteiger partial charge in [0.15, 0.2) is 0 Å². The zero-order valence-corrected chi connectivity index (χ0v) is 20.3. The zero-order chi connectivity index (χ0) is 25.3. The molecule has 0 aliphatic heterocycles. The van der Waals surface area contributed by atoms with Gasteiger partial charge in [-0.3, -0.25) is 9.59 Å². The van der Waals surface area contributed by atoms with Crippen LogP contribution in [-0.4, -0.2) is 121 Å². The summed E-state index contributed by atoms with van der Waals surface area (Å²) in [4.78, 5) is 32.5. The van der Waals surface area contributed by atoms with Crippen LogP contribution in [-0.2, 0) is 52.3 Å². The predicted molar refractivity (Wildman–Crippen MR) is 119 cm³/mol. The molecule has 0 rings (SSSR count). The van der Waals surface area contributed by atoms with Gasteiger partial charge in [0.1, 0.15) is 6.61 Å². The van der Waals surface area contributed by atoms with Crippen LogP contribution in [0.5, 0.6) is 0 Å². The molecule has 0 fully saturated rings. The monoisotopic (exact) mass is 496 g/mol. The highest BCUT2D eigenvalue weighted by Gasteiger charge is 2.14. The number of hydrogen-bond acceptors (Lipinski definition) is 11. The first kappa shape index (κ1) is 32.3. The van der Waals surface area contributed by atoms with E-state index in [1.165, 1.54) is 0 Å². The third-order valence-electron chi connectivity index (χ3n) is 3.82. The van der Waals surface area contributed by atoms with Crippen LogP contribution in [0.15, 0.2) is 0 Å². The smallest absolute Gasteiger partial charge is 0.372 e. The van der Waals surface area contributed by atoms with Crippen molar-refractivity contribution in [2.45, 2.75) is 32.8 Å². The molecule has 0 saturated carbocycles. The molecule has 0 aromatic carbocycles. The van der Waals surface area contributed by atoms with Gasteiger partial charge in [-0.2, -0.15) is 0 Å². The van der Waals surface area contributed by atoms with Crippen LogP contribution in [0.3, 0.4) is 0 Å². The highest BCUT2D eigenvalue weighted by molar-refractivity contribution is 6.32. The first-order valence-corrected chi connectivity index (χ1v) is 11.4. The fourth-order valence-corrected chi connectivity index (χ4v) is 2.15. The maximum Gasteiger partial charge on any atom is 0.372 e. The van der Waals surface area contributed by atoms with Crippen molar-refractivity contribution < 1.29 is 57.4 Å². The van der Waals surface area contributed by atoms with Crippen molar-refractivity contribution in [2.24, 2.45) is 0 Å². The molecule has 0 aromatic rings. The number of Topliss-reactive ketones (excluding diaryl/α,β-unsaturated/α-hetero) is 1. The minimum atomic E-state index is -1.56. The standard InChI is InChI=1S/C22H40O12/c1-19(2)33-17-15-31-13-11-29-9-7-27-5-6-28-8-10-30-12-14-32-16-18-34-21(24)4-3-20(23)22(25)26/h19H,3-18H2,1-2H3,(H,25,26). The molecule has 0 aromatic heterocycles. The SMILES string of the molecule is CC(C)OCCOCCOCCOCCOCCOCCOCCOC(=O)CCC(=O)C(=O)O. The normalized spacial score (nSPS) is 11.1. The van der Waals surface area contributed by atoms with Gasteiger partial charge >= 0.3 is 11.9 Å². The Balaban J connectivity index is 3.16. The Morgan fingerprint density at radius 3 is 1.26 bits per heavy atom. The molecule has 12 heteroatoms. The Kier molecular flexibility index (Phi) is 23.3. The minimum Gasteiger partial charge on any atom is -0.476 e. The van der Waals surface area contributed by atoms with Gasteiger partial charge < -0.3 is 43.0 Å². The number of carboxylic acids is 1. The maximum atomic E-state index is 11.3. The highest BCUT2D eigenvalue weighted by atomic mass is 16.6. The predicted octanol–water partition coefficient (Wildman–Crippen LogP) is 0.488. The second-order valence-electron chi connectivity index (χ2n) is 7.04. The molecule has 1 N–H and O–H groups in total. The Morgan fingerprint density at radius 2 is 0.912 bits per heavy atom. The van der Waals surface area contributed by atoms with Crippen molar-refractivity contribution in [3.05, 3.63) is 0 Å². The Morgan fingerprint density at radius 1 is 0.559 bits per heavy atom. The van der Waals surface area contributed by atoms with Crippen molar-refractivity contribution in [3.63, 3.8) is 0 Å². The van der Waals surface area contributed by atoms with E-state index in [1.807, 2.05) is 13.8 Å². The van der Waals surface area contributed by atoms with E-state index in [9.17, 15) is 14.4 Å². The summed E-state index contributed by atoms with van der Waals surface area (Å²) in [5.41, 5.74) is 0. The van der Waals surface area contributed by atoms with Gasteiger partial charge in [-0.1, -0.05) is 0 Å². The van der Waals surface area contributed by atoms with Crippen LogP contribution in [0.1, 0.15) is 26.7 Å². The third-order valence-corrected chi connectivity index (χ3v) is 3.82. The molecule has 0 unspecified atom stereocenters. The summed E-state index contributed by atoms with van der Waals surface area (Å²) in [6.45, 7) is 9.84. The van der Waals surface area contributed by atoms with Gasteiger partial charge in [0.05, 0.1) is 98.4 Å². The van der Waals surface area contributed by atoms with E-state index in [2.05, 4.69) is 0 Å². The zero-order valence-electron chi connectivity index (χ0n) is 20.3. The fraction of sp³-hybridized carbons (Fsp3) is 0.864. The van der Waals surface area contributed by atoms with Crippen molar-refractivity contribution in [2.75, 3.05) is 92.5 Å². The first-order chi connectivity index (χ1) is 16.4. The summed E-state index contributed by atoms with van der Waals surface area (Å²) in [5, 5.41) is 8.40. The molecule has 200 valence electrons. The van der Waals surface area contributed by atoms with E-state index in [1.54, 1.807) is 0 Å². The van der Waals surface area contributed by atoms with Gasteiger partial charge in [-0.15, -0.1) is 0 Å². The van der Waals surface area contributed by atoms with Crippen molar-refractivity contribution in [1.82, 2.24) is 0 Å². The average Bonchev–Trinajstić information content (AvgIpc) is 2.80. The lowest BCUT2D eigenvalue weighted by Crippen LogP contribution is -2.17. The Labute approximate surface area is 201 Å². The van der Waals surface area contributed by atoms with Gasteiger partial charge in [0.25, 0.3) is 0 Å². The number of rotatable bonds is 26. The van der Waals surface area contributed by atoms with Crippen molar-refractivity contribution in [3.8, 4) is 0 Å². The van der Waals surface area contributed by atoms with Gasteiger partial charge in [-0.05, 0) is 13.8 Å². The van der Waals surface area contributed by atoms with Crippen molar-refractivity contribution >= 4 is 17.7 Å². The molecule has 0 radical (unpaired) electrons. The number of ether oxygens (including phenoxy) is 8. The molecule has 0 aliphatic carbocycles. The molecular weight excluding hydrogens is 456 g/mol. The van der Waals surface area contributed by atoms with Crippen LogP contribution in [0.2, 0.25) is 0 Å². The number of carbonyl (C=O) groups excluding carboxylic acids is 2. The van der Waals surface area contributed by atoms with Crippen LogP contribution in [0, 0.1) is 0 Å². The van der Waals surface area contributed by atoms with Crippen LogP contribution < -0.4 is 0 Å². The number of carbonyl (C=O) groups is 3. The number of carboxylic acid groups (broad SMARTS) is 1. The van der Waals surface area contributed by atoms with Gasteiger partial charge in [0, 0.05) is 6.42 Å². The molecule has 0 spiro atoms. The maximum absolute atomic E-state index is 11.3. The molecular formula is C22H40O12. The summed E-state index contributed by atoms with van der Waals surface area (Å²) in [5.74, 6) is -3.22. The van der Waals surface area contributed by atoms with Crippen LogP contribution >= 0.6 is 0 Å². The molecule has 34 heavy (non-hydrogen) atoms. The highest BCUT2D eigenvalue weighted by Crippen LogP contribution is 1.95. The molecule has 0 amide bonds. The molecule has 0 aliphatic rings. The van der Waals surface area contributed by atoms with Gasteiger partial charge in [-0.25, -0.2) is 4.79 Å². The lowest BCUT2D eigenvalue weighted by molar-refractivity contribution is -0.151. The fourth-order valence-electron chi connectivity index (χ4n) is 2.15. The first-order valence-electron chi connectivity index (χ1n) is 11.4. The molecule has 0 saturated heterocycles. The number of ketones is 1. The number of aliphatic carboxylic acids is 1. The van der Waals surface area contributed by atoms with Crippen LogP contribution in [0.4, 0.5) is 0 Å². The van der Waals surface area contributed by atoms with E-state index in [4.69, 9.17) is 43.0 Å². The summed E-state index contributed by atoms with van der Waals surface area (Å²) < 4.78 is 42.3. The van der Waals surface area contributed by atoms with Gasteiger partial charge in [0.2, 0.25) is 5.78 Å². The van der Waals surface area contributed by atoms with E-state index >= 15 is 0 Å². The third kappa shape index (κ3) is 25.0.